The minimum atomic E-state index is -0.224. The molecule has 1 aromatic carbocycles. The average molecular weight is 464 g/mol. The highest BCUT2D eigenvalue weighted by Gasteiger charge is 2.28. The van der Waals surface area contributed by atoms with Gasteiger partial charge in [0.1, 0.15) is 29.6 Å². The number of anilines is 2. The lowest BCUT2D eigenvalue weighted by atomic mass is 9.95. The van der Waals surface area contributed by atoms with Crippen molar-refractivity contribution in [1.82, 2.24) is 19.5 Å². The zero-order valence-corrected chi connectivity index (χ0v) is 19.2. The van der Waals surface area contributed by atoms with Gasteiger partial charge in [-0.15, -0.1) is 0 Å². The van der Waals surface area contributed by atoms with E-state index in [9.17, 15) is 4.39 Å². The van der Waals surface area contributed by atoms with Gasteiger partial charge in [-0.05, 0) is 43.5 Å². The van der Waals surface area contributed by atoms with Crippen LogP contribution in [-0.2, 0) is 6.54 Å². The number of hydrogen-bond acceptors (Lipinski definition) is 8. The van der Waals surface area contributed by atoms with Crippen molar-refractivity contribution < 1.29 is 4.39 Å². The number of nitrogens with zero attached hydrogens (tertiary/aromatic N) is 5. The number of hydrogen-bond donors (Lipinski definition) is 4. The van der Waals surface area contributed by atoms with Gasteiger partial charge in [-0.3, -0.25) is 0 Å². The number of piperidine rings is 1. The number of nitrogens with two attached hydrogens (primary N) is 3. The number of allylic oxidation sites excluding steroid dienone is 1. The summed E-state index contributed by atoms with van der Waals surface area (Å²) in [5.41, 5.74) is 21.0. The summed E-state index contributed by atoms with van der Waals surface area (Å²) >= 11 is 0. The lowest BCUT2D eigenvalue weighted by Gasteiger charge is -2.34. The Morgan fingerprint density at radius 2 is 2.03 bits per heavy atom. The van der Waals surface area contributed by atoms with E-state index in [2.05, 4.69) is 19.4 Å². The normalized spacial score (nSPS) is 15.0. The summed E-state index contributed by atoms with van der Waals surface area (Å²) in [5, 5.41) is 7.67. The molecule has 0 saturated carbocycles. The highest BCUT2D eigenvalue weighted by atomic mass is 19.1. The first-order valence-electron chi connectivity index (χ1n) is 11.3. The lowest BCUT2D eigenvalue weighted by Crippen LogP contribution is -2.35. The van der Waals surface area contributed by atoms with Crippen LogP contribution in [0.5, 0.6) is 0 Å². The van der Waals surface area contributed by atoms with Crippen LogP contribution in [0, 0.1) is 18.2 Å². The van der Waals surface area contributed by atoms with E-state index in [4.69, 9.17) is 27.6 Å². The van der Waals surface area contributed by atoms with E-state index < -0.39 is 0 Å². The summed E-state index contributed by atoms with van der Waals surface area (Å²) in [6, 6.07) is 5.06. The number of imidazole rings is 1. The summed E-state index contributed by atoms with van der Waals surface area (Å²) in [4.78, 5) is 15.6. The van der Waals surface area contributed by atoms with Crippen molar-refractivity contribution in [2.75, 3.05) is 30.3 Å². The molecule has 9 nitrogen and oxygen atoms in total. The van der Waals surface area contributed by atoms with Crippen molar-refractivity contribution in [2.45, 2.75) is 32.2 Å². The fourth-order valence-electron chi connectivity index (χ4n) is 4.48. The standard InChI is InChI=1S/C24H30FN9/c1-15-10-17(2-3-19(15)25)20-13-34(9-6-26)23(32-20)16-4-7-33(8-5-16)24-21(18(11-27)12-28)22(29)30-14-31-24/h2-3,10-14,16,27H,4-9,26,28H2,1H3,(H2,29,30,31)/b18-12+,27-11?. The van der Waals surface area contributed by atoms with Crippen LogP contribution in [0.2, 0.25) is 0 Å². The fourth-order valence-corrected chi connectivity index (χ4v) is 4.48. The number of rotatable bonds is 7. The molecule has 3 heterocycles. The Bertz CT molecular complexity index is 1210. The Kier molecular flexibility index (Phi) is 6.87. The summed E-state index contributed by atoms with van der Waals surface area (Å²) < 4.78 is 15.9. The first-order chi connectivity index (χ1) is 16.5. The second-order valence-electron chi connectivity index (χ2n) is 8.42. The lowest BCUT2D eigenvalue weighted by molar-refractivity contribution is 0.463. The van der Waals surface area contributed by atoms with Crippen molar-refractivity contribution in [1.29, 1.82) is 5.41 Å². The zero-order valence-electron chi connectivity index (χ0n) is 19.2. The minimum absolute atomic E-state index is 0.224. The number of aromatic nitrogens is 4. The average Bonchev–Trinajstić information content (AvgIpc) is 3.27. The molecule has 3 aromatic rings. The summed E-state index contributed by atoms with van der Waals surface area (Å²) in [5.74, 6) is 1.99. The second kappa shape index (κ2) is 10.0. The molecule has 0 aliphatic carbocycles. The third kappa shape index (κ3) is 4.49. The molecule has 7 N–H and O–H groups in total. The largest absolute Gasteiger partial charge is 0.404 e. The minimum Gasteiger partial charge on any atom is -0.404 e. The van der Waals surface area contributed by atoms with Crippen molar-refractivity contribution in [3.63, 3.8) is 0 Å². The molecule has 1 saturated heterocycles. The van der Waals surface area contributed by atoms with E-state index in [0.717, 1.165) is 49.2 Å². The second-order valence-corrected chi connectivity index (χ2v) is 8.42. The van der Waals surface area contributed by atoms with Gasteiger partial charge in [0.25, 0.3) is 0 Å². The molecule has 10 heteroatoms. The molecule has 0 radical (unpaired) electrons. The van der Waals surface area contributed by atoms with Crippen LogP contribution >= 0.6 is 0 Å². The molecule has 0 atom stereocenters. The van der Waals surface area contributed by atoms with E-state index >= 15 is 0 Å². The monoisotopic (exact) mass is 463 g/mol. The maximum Gasteiger partial charge on any atom is 0.142 e. The number of aryl methyl sites for hydroxylation is 1. The van der Waals surface area contributed by atoms with Crippen molar-refractivity contribution in [3.05, 3.63) is 59.7 Å². The van der Waals surface area contributed by atoms with Gasteiger partial charge in [0.05, 0.1) is 11.3 Å². The molecule has 0 unspecified atom stereocenters. The first-order valence-corrected chi connectivity index (χ1v) is 11.3. The molecular formula is C24H30FN9. The summed E-state index contributed by atoms with van der Waals surface area (Å²) in [6.07, 6.45) is 7.67. The Hall–Kier alpha value is -3.79. The van der Waals surface area contributed by atoms with Gasteiger partial charge < -0.3 is 32.1 Å². The molecule has 34 heavy (non-hydrogen) atoms. The van der Waals surface area contributed by atoms with Gasteiger partial charge in [-0.1, -0.05) is 0 Å². The van der Waals surface area contributed by atoms with Crippen LogP contribution in [0.1, 0.15) is 35.7 Å². The van der Waals surface area contributed by atoms with Crippen LogP contribution in [0.3, 0.4) is 0 Å². The molecule has 0 bridgehead atoms. The van der Waals surface area contributed by atoms with Gasteiger partial charge in [-0.2, -0.15) is 0 Å². The number of nitrogens with one attached hydrogen (secondary N) is 1. The molecule has 0 amide bonds. The van der Waals surface area contributed by atoms with E-state index in [1.165, 1.54) is 18.6 Å². The third-order valence-electron chi connectivity index (χ3n) is 6.27. The first kappa shape index (κ1) is 23.4. The number of nitrogen functional groups attached to an aromatic ring is 1. The van der Waals surface area contributed by atoms with Gasteiger partial charge in [0.2, 0.25) is 0 Å². The van der Waals surface area contributed by atoms with E-state index in [-0.39, 0.29) is 11.7 Å². The molecule has 0 spiro atoms. The Balaban J connectivity index is 1.58. The van der Waals surface area contributed by atoms with Crippen molar-refractivity contribution in [3.8, 4) is 11.3 Å². The van der Waals surface area contributed by atoms with Gasteiger partial charge in [0.15, 0.2) is 0 Å². The summed E-state index contributed by atoms with van der Waals surface area (Å²) in [7, 11) is 0. The zero-order chi connectivity index (χ0) is 24.2. The SMILES string of the molecule is Cc1cc(-c2cn(CCN)c(C3CCN(c4ncnc(N)c4/C(C=N)=C/N)CC3)n2)ccc1F. The van der Waals surface area contributed by atoms with E-state index in [0.29, 0.717) is 41.4 Å². The van der Waals surface area contributed by atoms with E-state index in [1.54, 1.807) is 13.0 Å². The number of benzene rings is 1. The van der Waals surface area contributed by atoms with Gasteiger partial charge in [-0.25, -0.2) is 19.3 Å². The molecule has 4 rings (SSSR count). The molecule has 1 aliphatic rings. The summed E-state index contributed by atoms with van der Waals surface area (Å²) in [6.45, 7) is 4.41. The predicted molar refractivity (Wildman–Crippen MR) is 133 cm³/mol. The van der Waals surface area contributed by atoms with Crippen molar-refractivity contribution >= 4 is 23.4 Å². The third-order valence-corrected chi connectivity index (χ3v) is 6.27. The molecular weight excluding hydrogens is 433 g/mol. The number of halogens is 1. The Labute approximate surface area is 198 Å². The highest BCUT2D eigenvalue weighted by Crippen LogP contribution is 2.34. The van der Waals surface area contributed by atoms with Gasteiger partial charge in [0, 0.05) is 61.8 Å². The Morgan fingerprint density at radius 3 is 2.68 bits per heavy atom. The van der Waals surface area contributed by atoms with Crippen LogP contribution in [0.4, 0.5) is 16.0 Å². The molecule has 1 fully saturated rings. The van der Waals surface area contributed by atoms with Crippen LogP contribution in [0.15, 0.2) is 36.9 Å². The van der Waals surface area contributed by atoms with Crippen molar-refractivity contribution in [2.24, 2.45) is 11.5 Å². The topological polar surface area (TPSA) is 149 Å². The smallest absolute Gasteiger partial charge is 0.142 e. The molecule has 178 valence electrons. The van der Waals surface area contributed by atoms with E-state index in [1.807, 2.05) is 12.3 Å². The predicted octanol–water partition coefficient (Wildman–Crippen LogP) is 2.66. The molecule has 1 aliphatic heterocycles. The Morgan fingerprint density at radius 1 is 1.26 bits per heavy atom. The maximum absolute atomic E-state index is 13.7. The van der Waals surface area contributed by atoms with Crippen LogP contribution in [0.25, 0.3) is 16.8 Å². The molecule has 2 aromatic heterocycles. The highest BCUT2D eigenvalue weighted by molar-refractivity contribution is 6.12. The van der Waals surface area contributed by atoms with Crippen LogP contribution in [-0.4, -0.2) is 45.4 Å². The van der Waals surface area contributed by atoms with Crippen LogP contribution < -0.4 is 22.1 Å². The quantitative estimate of drug-likeness (QED) is 0.394. The maximum atomic E-state index is 13.7. The fraction of sp³-hybridized carbons (Fsp3) is 0.333. The van der Waals surface area contributed by atoms with Gasteiger partial charge >= 0.3 is 0 Å².